The van der Waals surface area contributed by atoms with Gasteiger partial charge in [0, 0.05) is 24.7 Å². The van der Waals surface area contributed by atoms with Crippen molar-refractivity contribution in [2.24, 2.45) is 0 Å². The lowest BCUT2D eigenvalue weighted by molar-refractivity contribution is 0.0333. The molecule has 2 aliphatic heterocycles. The maximum Gasteiger partial charge on any atom is 0.410 e. The number of hydrogen-bond acceptors (Lipinski definition) is 4. The topological polar surface area (TPSA) is 42.0 Å². The fraction of sp³-hybridized carbons (Fsp3) is 0.458. The van der Waals surface area contributed by atoms with E-state index in [-0.39, 0.29) is 18.2 Å². The zero-order chi connectivity index (χ0) is 20.8. The number of aryl methyl sites for hydroxylation is 1. The minimum Gasteiger partial charge on any atom is -0.447 e. The summed E-state index contributed by atoms with van der Waals surface area (Å²) in [7, 11) is 0. The maximum absolute atomic E-state index is 12.8. The molecule has 0 N–H and O–H groups in total. The average Bonchev–Trinajstić information content (AvgIpc) is 3.15. The lowest BCUT2D eigenvalue weighted by Gasteiger charge is -2.34. The smallest absolute Gasteiger partial charge is 0.410 e. The molecule has 4 rings (SSSR count). The number of halogens is 1. The molecule has 2 aliphatic rings. The van der Waals surface area contributed by atoms with Crippen molar-refractivity contribution in [2.75, 3.05) is 39.5 Å². The summed E-state index contributed by atoms with van der Waals surface area (Å²) in [6.45, 7) is 4.82. The van der Waals surface area contributed by atoms with E-state index >= 15 is 0 Å². The van der Waals surface area contributed by atoms with Crippen molar-refractivity contribution in [1.29, 1.82) is 0 Å². The first-order valence-electron chi connectivity index (χ1n) is 10.8. The SMILES string of the molecule is O=C1OCC(CCc2ccccc2Cl)N1C(CCN1CCOCC1)c1ccccc1. The summed E-state index contributed by atoms with van der Waals surface area (Å²) in [6, 6.07) is 18.3. The summed E-state index contributed by atoms with van der Waals surface area (Å²) in [6.07, 6.45) is 2.32. The fourth-order valence-corrected chi connectivity index (χ4v) is 4.60. The van der Waals surface area contributed by atoms with Gasteiger partial charge in [-0.2, -0.15) is 0 Å². The summed E-state index contributed by atoms with van der Waals surface area (Å²) < 4.78 is 11.0. The molecule has 0 saturated carbocycles. The van der Waals surface area contributed by atoms with Crippen LogP contribution < -0.4 is 0 Å². The monoisotopic (exact) mass is 428 g/mol. The van der Waals surface area contributed by atoms with Gasteiger partial charge >= 0.3 is 6.09 Å². The Hall–Kier alpha value is -2.08. The highest BCUT2D eigenvalue weighted by molar-refractivity contribution is 6.31. The molecular weight excluding hydrogens is 400 g/mol. The van der Waals surface area contributed by atoms with Crippen LogP contribution in [-0.4, -0.2) is 61.4 Å². The van der Waals surface area contributed by atoms with E-state index in [1.54, 1.807) is 0 Å². The van der Waals surface area contributed by atoms with Crippen LogP contribution in [0.25, 0.3) is 0 Å². The van der Waals surface area contributed by atoms with E-state index in [0.717, 1.165) is 68.3 Å². The predicted molar refractivity (Wildman–Crippen MR) is 118 cm³/mol. The number of morpholine rings is 1. The van der Waals surface area contributed by atoms with Crippen LogP contribution in [0.15, 0.2) is 54.6 Å². The highest BCUT2D eigenvalue weighted by Gasteiger charge is 2.38. The molecule has 5 nitrogen and oxygen atoms in total. The van der Waals surface area contributed by atoms with E-state index < -0.39 is 0 Å². The van der Waals surface area contributed by atoms with Crippen LogP contribution in [0.1, 0.15) is 30.0 Å². The van der Waals surface area contributed by atoms with E-state index in [4.69, 9.17) is 21.1 Å². The van der Waals surface area contributed by atoms with Gasteiger partial charge in [-0.25, -0.2) is 4.79 Å². The molecule has 2 heterocycles. The van der Waals surface area contributed by atoms with E-state index in [2.05, 4.69) is 23.1 Å². The standard InChI is InChI=1S/C24H29ClN2O3/c25-22-9-5-4-6-19(22)10-11-21-18-30-24(28)27(21)23(20-7-2-1-3-8-20)12-13-26-14-16-29-17-15-26/h1-9,21,23H,10-18H2. The molecule has 0 aliphatic carbocycles. The number of carbonyl (C=O) groups excluding carboxylic acids is 1. The molecule has 2 fully saturated rings. The zero-order valence-corrected chi connectivity index (χ0v) is 18.0. The summed E-state index contributed by atoms with van der Waals surface area (Å²) in [5.74, 6) is 0. The summed E-state index contributed by atoms with van der Waals surface area (Å²) in [5, 5.41) is 0.779. The number of amides is 1. The van der Waals surface area contributed by atoms with Gasteiger partial charge in [0.25, 0.3) is 0 Å². The Morgan fingerprint density at radius 1 is 1.03 bits per heavy atom. The highest BCUT2D eigenvalue weighted by atomic mass is 35.5. The molecule has 2 aromatic rings. The Morgan fingerprint density at radius 3 is 2.53 bits per heavy atom. The van der Waals surface area contributed by atoms with E-state index in [9.17, 15) is 4.79 Å². The number of hydrogen-bond donors (Lipinski definition) is 0. The molecule has 30 heavy (non-hydrogen) atoms. The molecule has 0 radical (unpaired) electrons. The molecule has 6 heteroatoms. The third-order valence-electron chi connectivity index (χ3n) is 6.05. The summed E-state index contributed by atoms with van der Waals surface area (Å²) in [5.41, 5.74) is 2.27. The van der Waals surface area contributed by atoms with Crippen LogP contribution in [0, 0.1) is 0 Å². The minimum absolute atomic E-state index is 0.000269. The lowest BCUT2D eigenvalue weighted by Crippen LogP contribution is -2.41. The first-order valence-corrected chi connectivity index (χ1v) is 11.1. The molecule has 2 unspecified atom stereocenters. The van der Waals surface area contributed by atoms with Crippen molar-refractivity contribution in [1.82, 2.24) is 9.80 Å². The van der Waals surface area contributed by atoms with Crippen LogP contribution in [0.5, 0.6) is 0 Å². The first-order chi connectivity index (χ1) is 14.7. The number of benzene rings is 2. The average molecular weight is 429 g/mol. The summed E-state index contributed by atoms with van der Waals surface area (Å²) in [4.78, 5) is 17.2. The second-order valence-electron chi connectivity index (χ2n) is 7.94. The Balaban J connectivity index is 1.49. The number of cyclic esters (lactones) is 1. The number of rotatable bonds is 8. The molecule has 2 atom stereocenters. The van der Waals surface area contributed by atoms with Crippen molar-refractivity contribution in [3.05, 3.63) is 70.7 Å². The molecule has 160 valence electrons. The largest absolute Gasteiger partial charge is 0.447 e. The molecule has 0 aromatic heterocycles. The van der Waals surface area contributed by atoms with Crippen LogP contribution >= 0.6 is 11.6 Å². The second-order valence-corrected chi connectivity index (χ2v) is 8.34. The van der Waals surface area contributed by atoms with Gasteiger partial charge in [-0.15, -0.1) is 0 Å². The van der Waals surface area contributed by atoms with Gasteiger partial charge in [0.2, 0.25) is 0 Å². The second kappa shape index (κ2) is 10.3. The van der Waals surface area contributed by atoms with Crippen molar-refractivity contribution < 1.29 is 14.3 Å². The van der Waals surface area contributed by atoms with Gasteiger partial charge in [0.05, 0.1) is 25.3 Å². The third kappa shape index (κ3) is 5.15. The molecule has 2 aromatic carbocycles. The first kappa shape index (κ1) is 21.2. The Kier molecular flexibility index (Phi) is 7.26. The van der Waals surface area contributed by atoms with Crippen molar-refractivity contribution in [3.8, 4) is 0 Å². The molecular formula is C24H29ClN2O3. The Bertz CT molecular complexity index is 826. The quantitative estimate of drug-likeness (QED) is 0.618. The van der Waals surface area contributed by atoms with Crippen molar-refractivity contribution in [3.63, 3.8) is 0 Å². The lowest BCUT2D eigenvalue weighted by atomic mass is 9.98. The van der Waals surface area contributed by atoms with Crippen molar-refractivity contribution in [2.45, 2.75) is 31.3 Å². The third-order valence-corrected chi connectivity index (χ3v) is 6.42. The van der Waals surface area contributed by atoms with Crippen LogP contribution in [-0.2, 0) is 15.9 Å². The number of carbonyl (C=O) groups is 1. The van der Waals surface area contributed by atoms with E-state index in [0.29, 0.717) is 6.61 Å². The van der Waals surface area contributed by atoms with Crippen LogP contribution in [0.3, 0.4) is 0 Å². The molecule has 0 bridgehead atoms. The van der Waals surface area contributed by atoms with E-state index in [1.165, 1.54) is 0 Å². The fourth-order valence-electron chi connectivity index (χ4n) is 4.37. The minimum atomic E-state index is -0.213. The Labute approximate surface area is 183 Å². The van der Waals surface area contributed by atoms with Gasteiger partial charge in [0.15, 0.2) is 0 Å². The van der Waals surface area contributed by atoms with Crippen LogP contribution in [0.4, 0.5) is 4.79 Å². The highest BCUT2D eigenvalue weighted by Crippen LogP contribution is 2.33. The Morgan fingerprint density at radius 2 is 1.77 bits per heavy atom. The van der Waals surface area contributed by atoms with Crippen LogP contribution in [0.2, 0.25) is 5.02 Å². The summed E-state index contributed by atoms with van der Waals surface area (Å²) >= 11 is 6.34. The molecule has 2 saturated heterocycles. The van der Waals surface area contributed by atoms with E-state index in [1.807, 2.05) is 41.3 Å². The van der Waals surface area contributed by atoms with Crippen molar-refractivity contribution >= 4 is 17.7 Å². The molecule has 0 spiro atoms. The van der Waals surface area contributed by atoms with Gasteiger partial charge in [-0.05, 0) is 36.5 Å². The zero-order valence-electron chi connectivity index (χ0n) is 17.2. The number of ether oxygens (including phenoxy) is 2. The predicted octanol–water partition coefficient (Wildman–Crippen LogP) is 4.56. The van der Waals surface area contributed by atoms with Gasteiger partial charge in [-0.1, -0.05) is 60.1 Å². The molecule has 1 amide bonds. The van der Waals surface area contributed by atoms with Gasteiger partial charge in [0.1, 0.15) is 6.61 Å². The van der Waals surface area contributed by atoms with Gasteiger partial charge < -0.3 is 9.47 Å². The normalized spacial score (nSPS) is 20.9. The van der Waals surface area contributed by atoms with Gasteiger partial charge in [-0.3, -0.25) is 9.80 Å². The maximum atomic E-state index is 12.8. The number of nitrogens with zero attached hydrogens (tertiary/aromatic N) is 2.